The number of halogens is 2. The van der Waals surface area contributed by atoms with E-state index in [2.05, 4.69) is 10.3 Å². The molecule has 1 fully saturated rings. The Balaban J connectivity index is 2.16. The van der Waals surface area contributed by atoms with Gasteiger partial charge in [-0.2, -0.15) is 0 Å². The first kappa shape index (κ1) is 16.0. The van der Waals surface area contributed by atoms with Crippen molar-refractivity contribution in [2.24, 2.45) is 5.92 Å². The van der Waals surface area contributed by atoms with Crippen molar-refractivity contribution in [1.82, 2.24) is 10.3 Å². The highest BCUT2D eigenvalue weighted by molar-refractivity contribution is 6.34. The Hall–Kier alpha value is -1.33. The molecule has 0 aromatic carbocycles. The van der Waals surface area contributed by atoms with Crippen LogP contribution in [0, 0.1) is 5.92 Å². The Morgan fingerprint density at radius 2 is 1.90 bits per heavy atom. The molecule has 1 amide bonds. The Kier molecular flexibility index (Phi) is 5.42. The van der Waals surface area contributed by atoms with Gasteiger partial charge in [0, 0.05) is 6.04 Å². The van der Waals surface area contributed by atoms with Gasteiger partial charge in [-0.05, 0) is 25.0 Å². The zero-order chi connectivity index (χ0) is 15.4. The first-order valence-corrected chi connectivity index (χ1v) is 7.60. The van der Waals surface area contributed by atoms with Gasteiger partial charge in [-0.15, -0.1) is 0 Å². The van der Waals surface area contributed by atoms with E-state index >= 15 is 0 Å². The molecule has 21 heavy (non-hydrogen) atoms. The quantitative estimate of drug-likeness (QED) is 0.659. The van der Waals surface area contributed by atoms with Crippen molar-refractivity contribution in [1.29, 1.82) is 0 Å². The van der Waals surface area contributed by atoms with Crippen molar-refractivity contribution in [3.05, 3.63) is 28.0 Å². The average Bonchev–Trinajstić information content (AvgIpc) is 2.67. The van der Waals surface area contributed by atoms with Crippen LogP contribution < -0.4 is 5.32 Å². The lowest BCUT2D eigenvalue weighted by atomic mass is 9.95. The van der Waals surface area contributed by atoms with E-state index in [0.717, 1.165) is 19.3 Å². The van der Waals surface area contributed by atoms with Gasteiger partial charge in [0.15, 0.2) is 0 Å². The van der Waals surface area contributed by atoms with Crippen LogP contribution in [0.25, 0.3) is 0 Å². The Bertz CT molecular complexity index is 551. The van der Waals surface area contributed by atoms with E-state index in [-0.39, 0.29) is 15.9 Å². The molecular formula is C14H16Cl2N2O3. The molecule has 2 rings (SSSR count). The number of nitrogens with zero attached hydrogens (tertiary/aromatic N) is 1. The SMILES string of the molecule is O=C(NC1CCCCCC1C(=O)O)c1nc(Cl)ccc1Cl. The van der Waals surface area contributed by atoms with Crippen molar-refractivity contribution >= 4 is 35.1 Å². The van der Waals surface area contributed by atoms with E-state index in [0.29, 0.717) is 12.8 Å². The molecule has 2 atom stereocenters. The number of hydrogen-bond donors (Lipinski definition) is 2. The molecule has 5 nitrogen and oxygen atoms in total. The monoisotopic (exact) mass is 330 g/mol. The van der Waals surface area contributed by atoms with Gasteiger partial charge < -0.3 is 10.4 Å². The van der Waals surface area contributed by atoms with E-state index < -0.39 is 23.8 Å². The second-order valence-corrected chi connectivity index (χ2v) is 5.92. The first-order valence-electron chi connectivity index (χ1n) is 6.84. The van der Waals surface area contributed by atoms with E-state index in [1.807, 2.05) is 0 Å². The zero-order valence-corrected chi connectivity index (χ0v) is 12.8. The summed E-state index contributed by atoms with van der Waals surface area (Å²) in [6, 6.07) is 2.58. The predicted octanol–water partition coefficient (Wildman–Crippen LogP) is 3.15. The summed E-state index contributed by atoms with van der Waals surface area (Å²) in [5.74, 6) is -1.94. The molecule has 2 N–H and O–H groups in total. The van der Waals surface area contributed by atoms with Crippen molar-refractivity contribution in [3.8, 4) is 0 Å². The van der Waals surface area contributed by atoms with Gasteiger partial charge >= 0.3 is 5.97 Å². The van der Waals surface area contributed by atoms with Gasteiger partial charge in [0.25, 0.3) is 5.91 Å². The molecule has 114 valence electrons. The maximum absolute atomic E-state index is 12.3. The maximum Gasteiger partial charge on any atom is 0.308 e. The number of rotatable bonds is 3. The minimum absolute atomic E-state index is 0.0255. The number of aliphatic carboxylic acids is 1. The third-order valence-corrected chi connectivity index (χ3v) is 4.19. The molecular weight excluding hydrogens is 315 g/mol. The Labute approximate surface area is 132 Å². The molecule has 0 saturated heterocycles. The molecule has 1 aromatic heterocycles. The smallest absolute Gasteiger partial charge is 0.308 e. The second kappa shape index (κ2) is 7.09. The van der Waals surface area contributed by atoms with Crippen LogP contribution in [0.2, 0.25) is 10.2 Å². The van der Waals surface area contributed by atoms with Crippen LogP contribution in [0.1, 0.15) is 42.6 Å². The topological polar surface area (TPSA) is 79.3 Å². The van der Waals surface area contributed by atoms with Gasteiger partial charge in [-0.1, -0.05) is 42.5 Å². The summed E-state index contributed by atoms with van der Waals surface area (Å²) in [5.41, 5.74) is 0.0255. The van der Waals surface area contributed by atoms with Crippen molar-refractivity contribution in [2.75, 3.05) is 0 Å². The van der Waals surface area contributed by atoms with E-state index in [4.69, 9.17) is 23.2 Å². The van der Waals surface area contributed by atoms with Crippen LogP contribution >= 0.6 is 23.2 Å². The molecule has 2 unspecified atom stereocenters. The number of carboxylic acid groups (broad SMARTS) is 1. The summed E-state index contributed by atoms with van der Waals surface area (Å²) in [6.45, 7) is 0. The fourth-order valence-electron chi connectivity index (χ4n) is 2.59. The number of nitrogens with one attached hydrogen (secondary N) is 1. The van der Waals surface area contributed by atoms with Gasteiger partial charge in [-0.3, -0.25) is 9.59 Å². The number of amides is 1. The van der Waals surface area contributed by atoms with Crippen LogP contribution in [-0.2, 0) is 4.79 Å². The second-order valence-electron chi connectivity index (χ2n) is 5.13. The minimum atomic E-state index is -0.882. The lowest BCUT2D eigenvalue weighted by Crippen LogP contribution is -2.43. The van der Waals surface area contributed by atoms with Crippen LogP contribution in [-0.4, -0.2) is 28.0 Å². The van der Waals surface area contributed by atoms with E-state index in [1.165, 1.54) is 12.1 Å². The van der Waals surface area contributed by atoms with Crippen LogP contribution in [0.15, 0.2) is 12.1 Å². The number of carboxylic acids is 1. The lowest BCUT2D eigenvalue weighted by molar-refractivity contribution is -0.142. The standard InChI is InChI=1S/C14H16Cl2N2O3/c15-9-6-7-11(16)18-12(9)13(19)17-10-5-3-1-2-4-8(10)14(20)21/h6-8,10H,1-5H2,(H,17,19)(H,20,21). The summed E-state index contributed by atoms with van der Waals surface area (Å²) in [7, 11) is 0. The molecule has 0 aliphatic heterocycles. The molecule has 1 aromatic rings. The molecule has 0 bridgehead atoms. The largest absolute Gasteiger partial charge is 0.481 e. The van der Waals surface area contributed by atoms with Gasteiger partial charge in [-0.25, -0.2) is 4.98 Å². The summed E-state index contributed by atoms with van der Waals surface area (Å²) in [4.78, 5) is 27.5. The molecule has 1 heterocycles. The van der Waals surface area contributed by atoms with Crippen LogP contribution in [0.3, 0.4) is 0 Å². The first-order chi connectivity index (χ1) is 9.99. The molecule has 1 aliphatic rings. The Morgan fingerprint density at radius 1 is 1.19 bits per heavy atom. The number of carbonyl (C=O) groups is 2. The van der Waals surface area contributed by atoms with Gasteiger partial charge in [0.1, 0.15) is 10.8 Å². The predicted molar refractivity (Wildman–Crippen MR) is 79.7 cm³/mol. The highest BCUT2D eigenvalue weighted by atomic mass is 35.5. The van der Waals surface area contributed by atoms with E-state index in [9.17, 15) is 14.7 Å². The molecule has 0 radical (unpaired) electrons. The van der Waals surface area contributed by atoms with Crippen molar-refractivity contribution < 1.29 is 14.7 Å². The van der Waals surface area contributed by atoms with Gasteiger partial charge in [0.2, 0.25) is 0 Å². The van der Waals surface area contributed by atoms with Crippen LogP contribution in [0.5, 0.6) is 0 Å². The third kappa shape index (κ3) is 4.08. The van der Waals surface area contributed by atoms with Crippen LogP contribution in [0.4, 0.5) is 0 Å². The minimum Gasteiger partial charge on any atom is -0.481 e. The third-order valence-electron chi connectivity index (χ3n) is 3.68. The summed E-state index contributed by atoms with van der Waals surface area (Å²) in [5, 5.41) is 12.4. The van der Waals surface area contributed by atoms with Crippen molar-refractivity contribution in [3.63, 3.8) is 0 Å². The number of pyridine rings is 1. The highest BCUT2D eigenvalue weighted by Gasteiger charge is 2.31. The summed E-state index contributed by atoms with van der Waals surface area (Å²) >= 11 is 11.7. The summed E-state index contributed by atoms with van der Waals surface area (Å²) in [6.07, 6.45) is 3.94. The fourth-order valence-corrected chi connectivity index (χ4v) is 2.93. The van der Waals surface area contributed by atoms with Gasteiger partial charge in [0.05, 0.1) is 10.9 Å². The molecule has 0 spiro atoms. The molecule has 1 aliphatic carbocycles. The van der Waals surface area contributed by atoms with Crippen molar-refractivity contribution in [2.45, 2.75) is 38.1 Å². The Morgan fingerprint density at radius 3 is 2.62 bits per heavy atom. The molecule has 7 heteroatoms. The number of hydrogen-bond acceptors (Lipinski definition) is 3. The number of aromatic nitrogens is 1. The molecule has 1 saturated carbocycles. The highest BCUT2D eigenvalue weighted by Crippen LogP contribution is 2.25. The van der Waals surface area contributed by atoms with E-state index in [1.54, 1.807) is 0 Å². The normalized spacial score (nSPS) is 22.4. The zero-order valence-electron chi connectivity index (χ0n) is 11.3. The lowest BCUT2D eigenvalue weighted by Gasteiger charge is -2.22. The fraction of sp³-hybridized carbons (Fsp3) is 0.500. The summed E-state index contributed by atoms with van der Waals surface area (Å²) < 4.78 is 0. The maximum atomic E-state index is 12.3. The number of carbonyl (C=O) groups excluding carboxylic acids is 1. The average molecular weight is 331 g/mol.